The molecule has 0 saturated heterocycles. The Labute approximate surface area is 125 Å². The first-order valence-electron chi connectivity index (χ1n) is 6.27. The molecule has 1 aromatic carbocycles. The fourth-order valence-corrected chi connectivity index (χ4v) is 2.49. The Morgan fingerprint density at radius 2 is 2.24 bits per heavy atom. The molecule has 21 heavy (non-hydrogen) atoms. The quantitative estimate of drug-likeness (QED) is 0.727. The van der Waals surface area contributed by atoms with Gasteiger partial charge in [0.15, 0.2) is 10.8 Å². The van der Waals surface area contributed by atoms with E-state index in [1.807, 2.05) is 19.1 Å². The van der Waals surface area contributed by atoms with E-state index in [2.05, 4.69) is 15.4 Å². The van der Waals surface area contributed by atoms with Gasteiger partial charge in [-0.05, 0) is 31.2 Å². The number of nitrogens with one attached hydrogen (secondary N) is 1. The van der Waals surface area contributed by atoms with Gasteiger partial charge in [0, 0.05) is 23.0 Å². The number of nitrogens with zero attached hydrogens (tertiary/aromatic N) is 3. The van der Waals surface area contributed by atoms with Crippen LogP contribution in [0.5, 0.6) is 0 Å². The molecule has 0 aliphatic rings. The van der Waals surface area contributed by atoms with Crippen molar-refractivity contribution in [3.8, 4) is 5.69 Å². The molecule has 106 valence electrons. The predicted octanol–water partition coefficient (Wildman–Crippen LogP) is 2.47. The van der Waals surface area contributed by atoms with Crippen molar-refractivity contribution in [1.29, 1.82) is 0 Å². The van der Waals surface area contributed by atoms with Crippen molar-refractivity contribution in [2.75, 3.05) is 11.1 Å². The van der Waals surface area contributed by atoms with Gasteiger partial charge in [0.25, 0.3) is 5.91 Å². The van der Waals surface area contributed by atoms with Gasteiger partial charge >= 0.3 is 0 Å². The van der Waals surface area contributed by atoms with Gasteiger partial charge in [-0.3, -0.25) is 10.1 Å². The summed E-state index contributed by atoms with van der Waals surface area (Å²) in [5.41, 5.74) is 7.51. The highest BCUT2D eigenvalue weighted by atomic mass is 32.1. The number of aryl methyl sites for hydroxylation is 1. The number of nitrogens with two attached hydrogens (primary N) is 1. The average molecular weight is 299 g/mol. The molecular formula is C14H13N5OS. The summed E-state index contributed by atoms with van der Waals surface area (Å²) in [7, 11) is 0. The van der Waals surface area contributed by atoms with Gasteiger partial charge in [-0.2, -0.15) is 5.10 Å². The number of rotatable bonds is 3. The van der Waals surface area contributed by atoms with E-state index in [0.29, 0.717) is 16.5 Å². The minimum absolute atomic E-state index is 0.285. The molecule has 0 aliphatic heterocycles. The van der Waals surface area contributed by atoms with Crippen molar-refractivity contribution in [3.05, 3.63) is 53.3 Å². The maximum Gasteiger partial charge on any atom is 0.277 e. The van der Waals surface area contributed by atoms with E-state index >= 15 is 0 Å². The van der Waals surface area contributed by atoms with Gasteiger partial charge in [0.2, 0.25) is 0 Å². The van der Waals surface area contributed by atoms with Crippen LogP contribution in [-0.2, 0) is 0 Å². The molecule has 2 aromatic heterocycles. The van der Waals surface area contributed by atoms with Crippen LogP contribution in [0.2, 0.25) is 0 Å². The van der Waals surface area contributed by atoms with Crippen LogP contribution in [0.15, 0.2) is 42.7 Å². The second-order valence-corrected chi connectivity index (χ2v) is 5.71. The van der Waals surface area contributed by atoms with Crippen molar-refractivity contribution >= 4 is 28.1 Å². The summed E-state index contributed by atoms with van der Waals surface area (Å²) in [6.07, 6.45) is 3.43. The number of hydrogen-bond donors (Lipinski definition) is 2. The van der Waals surface area contributed by atoms with E-state index in [-0.39, 0.29) is 5.91 Å². The summed E-state index contributed by atoms with van der Waals surface area (Å²) in [5, 5.41) is 7.54. The second-order valence-electron chi connectivity index (χ2n) is 4.47. The van der Waals surface area contributed by atoms with Crippen LogP contribution in [0.3, 0.4) is 0 Å². The summed E-state index contributed by atoms with van der Waals surface area (Å²) in [6.45, 7) is 1.93. The van der Waals surface area contributed by atoms with Crippen molar-refractivity contribution in [1.82, 2.24) is 14.8 Å². The average Bonchev–Trinajstić information content (AvgIpc) is 3.08. The van der Waals surface area contributed by atoms with Crippen LogP contribution in [-0.4, -0.2) is 20.7 Å². The van der Waals surface area contributed by atoms with Crippen molar-refractivity contribution in [2.24, 2.45) is 0 Å². The van der Waals surface area contributed by atoms with Crippen LogP contribution in [0.1, 0.15) is 15.4 Å². The fraction of sp³-hybridized carbons (Fsp3) is 0.0714. The Morgan fingerprint density at radius 3 is 2.95 bits per heavy atom. The molecule has 0 radical (unpaired) electrons. The summed E-state index contributed by atoms with van der Waals surface area (Å²) < 4.78 is 1.61. The summed E-state index contributed by atoms with van der Waals surface area (Å²) in [6, 6.07) is 8.95. The maximum atomic E-state index is 12.1. The Bertz CT molecular complexity index is 792. The molecule has 0 bridgehead atoms. The van der Waals surface area contributed by atoms with Gasteiger partial charge in [-0.25, -0.2) is 9.67 Å². The summed E-state index contributed by atoms with van der Waals surface area (Å²) in [5.74, 6) is -0.285. The number of hydrogen-bond acceptors (Lipinski definition) is 5. The minimum atomic E-state index is -0.285. The fourth-order valence-electron chi connectivity index (χ4n) is 1.83. The Balaban J connectivity index is 1.80. The molecule has 1 amide bonds. The lowest BCUT2D eigenvalue weighted by molar-refractivity contribution is 0.102. The van der Waals surface area contributed by atoms with E-state index in [0.717, 1.165) is 10.6 Å². The third-order valence-electron chi connectivity index (χ3n) is 2.80. The second kappa shape index (κ2) is 5.37. The molecule has 3 rings (SSSR count). The normalized spacial score (nSPS) is 10.5. The highest BCUT2D eigenvalue weighted by Gasteiger charge is 2.12. The molecular weight excluding hydrogens is 286 g/mol. The molecule has 6 nitrogen and oxygen atoms in total. The smallest absolute Gasteiger partial charge is 0.277 e. The van der Waals surface area contributed by atoms with Crippen LogP contribution >= 0.6 is 11.3 Å². The highest BCUT2D eigenvalue weighted by Crippen LogP contribution is 2.17. The molecule has 7 heteroatoms. The number of benzene rings is 1. The lowest BCUT2D eigenvalue weighted by Gasteiger charge is -2.02. The number of carbonyl (C=O) groups excluding carboxylic acids is 1. The number of thiazole rings is 1. The van der Waals surface area contributed by atoms with Crippen LogP contribution < -0.4 is 11.1 Å². The molecule has 3 N–H and O–H groups in total. The lowest BCUT2D eigenvalue weighted by atomic mass is 10.3. The van der Waals surface area contributed by atoms with E-state index in [1.54, 1.807) is 35.3 Å². The first-order valence-corrected chi connectivity index (χ1v) is 7.09. The third kappa shape index (κ3) is 2.92. The number of aromatic nitrogens is 3. The van der Waals surface area contributed by atoms with Crippen molar-refractivity contribution in [3.63, 3.8) is 0 Å². The Kier molecular flexibility index (Phi) is 3.41. The Hall–Kier alpha value is -2.67. The molecule has 0 aliphatic carbocycles. The Morgan fingerprint density at radius 1 is 1.38 bits per heavy atom. The summed E-state index contributed by atoms with van der Waals surface area (Å²) >= 11 is 1.42. The largest absolute Gasteiger partial charge is 0.399 e. The first-order chi connectivity index (χ1) is 10.1. The zero-order chi connectivity index (χ0) is 14.8. The first kappa shape index (κ1) is 13.3. The van der Waals surface area contributed by atoms with E-state index in [9.17, 15) is 4.79 Å². The third-order valence-corrected chi connectivity index (χ3v) is 3.63. The van der Waals surface area contributed by atoms with E-state index < -0.39 is 0 Å². The number of amides is 1. The molecule has 0 spiro atoms. The number of carbonyl (C=O) groups is 1. The van der Waals surface area contributed by atoms with Crippen LogP contribution in [0, 0.1) is 6.92 Å². The zero-order valence-electron chi connectivity index (χ0n) is 11.3. The molecule has 2 heterocycles. The van der Waals surface area contributed by atoms with Crippen molar-refractivity contribution in [2.45, 2.75) is 6.92 Å². The maximum absolute atomic E-state index is 12.1. The van der Waals surface area contributed by atoms with Gasteiger partial charge < -0.3 is 5.73 Å². The van der Waals surface area contributed by atoms with E-state index in [1.165, 1.54) is 11.3 Å². The molecule has 0 atom stereocenters. The van der Waals surface area contributed by atoms with Crippen LogP contribution in [0.25, 0.3) is 5.69 Å². The van der Waals surface area contributed by atoms with Gasteiger partial charge in [0.1, 0.15) is 0 Å². The number of anilines is 2. The SMILES string of the molecule is Cc1cnc(NC(=O)c2ccn(-c3cccc(N)c3)n2)s1. The van der Waals surface area contributed by atoms with Gasteiger partial charge in [0.05, 0.1) is 5.69 Å². The topological polar surface area (TPSA) is 85.8 Å². The molecule has 3 aromatic rings. The van der Waals surface area contributed by atoms with Gasteiger partial charge in [-0.1, -0.05) is 6.07 Å². The molecule has 0 saturated carbocycles. The molecule has 0 unspecified atom stereocenters. The van der Waals surface area contributed by atoms with Gasteiger partial charge in [-0.15, -0.1) is 11.3 Å². The predicted molar refractivity (Wildman–Crippen MR) is 82.8 cm³/mol. The lowest BCUT2D eigenvalue weighted by Crippen LogP contribution is -2.13. The summed E-state index contributed by atoms with van der Waals surface area (Å²) in [4.78, 5) is 17.2. The minimum Gasteiger partial charge on any atom is -0.399 e. The van der Waals surface area contributed by atoms with E-state index in [4.69, 9.17) is 5.73 Å². The number of nitrogen functional groups attached to an aromatic ring is 1. The highest BCUT2D eigenvalue weighted by molar-refractivity contribution is 7.15. The van der Waals surface area contributed by atoms with Crippen LogP contribution in [0.4, 0.5) is 10.8 Å². The zero-order valence-corrected chi connectivity index (χ0v) is 12.1. The standard InChI is InChI=1S/C14H13N5OS/c1-9-8-16-14(21-9)17-13(20)12-5-6-19(18-12)11-4-2-3-10(15)7-11/h2-8H,15H2,1H3,(H,16,17,20). The molecule has 0 fully saturated rings. The monoisotopic (exact) mass is 299 g/mol. The van der Waals surface area contributed by atoms with Crippen molar-refractivity contribution < 1.29 is 4.79 Å².